The molecule has 1 saturated heterocycles. The first-order chi connectivity index (χ1) is 11.0. The molecule has 23 heavy (non-hydrogen) atoms. The van der Waals surface area contributed by atoms with Crippen molar-refractivity contribution in [2.45, 2.75) is 32.4 Å². The first-order valence-electron chi connectivity index (χ1n) is 7.78. The van der Waals surface area contributed by atoms with Gasteiger partial charge in [-0.25, -0.2) is 13.1 Å². The molecule has 1 atom stereocenters. The van der Waals surface area contributed by atoms with Gasteiger partial charge < -0.3 is 4.90 Å². The number of carbonyl (C=O) groups is 1. The predicted octanol–water partition coefficient (Wildman–Crippen LogP) is 0.857. The summed E-state index contributed by atoms with van der Waals surface area (Å²) in [5.41, 5.74) is 1.70. The van der Waals surface area contributed by atoms with Crippen molar-refractivity contribution in [3.05, 3.63) is 24.3 Å². The fourth-order valence-electron chi connectivity index (χ4n) is 3.09. The lowest BCUT2D eigenvalue weighted by Gasteiger charge is -2.26. The number of rotatable bonds is 5. The van der Waals surface area contributed by atoms with Gasteiger partial charge in [0.05, 0.1) is 23.6 Å². The van der Waals surface area contributed by atoms with Crippen LogP contribution < -0.4 is 0 Å². The molecule has 0 aliphatic carbocycles. The molecule has 0 bridgehead atoms. The molecule has 3 rings (SSSR count). The average molecular weight is 336 g/mol. The quantitative estimate of drug-likeness (QED) is 0.808. The highest BCUT2D eigenvalue weighted by atomic mass is 32.2. The Labute approximate surface area is 135 Å². The number of amides is 1. The molecule has 1 fully saturated rings. The fraction of sp³-hybridized carbons (Fsp3) is 0.533. The van der Waals surface area contributed by atoms with Gasteiger partial charge in [0.2, 0.25) is 5.91 Å². The minimum Gasteiger partial charge on any atom is -0.339 e. The molecule has 1 aliphatic heterocycles. The third-order valence-electron chi connectivity index (χ3n) is 4.27. The number of fused-ring (bicyclic) bond motifs is 1. The third-order valence-corrected chi connectivity index (χ3v) is 6.02. The van der Waals surface area contributed by atoms with Gasteiger partial charge in [0.15, 0.2) is 9.84 Å². The number of hydrogen-bond acceptors (Lipinski definition) is 5. The maximum absolute atomic E-state index is 12.5. The zero-order valence-electron chi connectivity index (χ0n) is 13.1. The average Bonchev–Trinajstić information content (AvgIpc) is 3.09. The van der Waals surface area contributed by atoms with E-state index < -0.39 is 9.84 Å². The van der Waals surface area contributed by atoms with Gasteiger partial charge in [0.25, 0.3) is 0 Å². The molecule has 124 valence electrons. The second kappa shape index (κ2) is 6.27. The van der Waals surface area contributed by atoms with Gasteiger partial charge in [-0.2, -0.15) is 0 Å². The van der Waals surface area contributed by atoms with Gasteiger partial charge in [-0.05, 0) is 25.5 Å². The van der Waals surface area contributed by atoms with E-state index in [1.54, 1.807) is 9.58 Å². The van der Waals surface area contributed by atoms with Crippen molar-refractivity contribution in [2.75, 3.05) is 18.1 Å². The van der Waals surface area contributed by atoms with E-state index in [1.807, 2.05) is 31.2 Å². The number of nitrogens with zero attached hydrogens (tertiary/aromatic N) is 4. The van der Waals surface area contributed by atoms with E-state index in [2.05, 4.69) is 10.3 Å². The van der Waals surface area contributed by atoms with Crippen LogP contribution in [0.3, 0.4) is 0 Å². The van der Waals surface area contributed by atoms with Crippen LogP contribution in [0.4, 0.5) is 0 Å². The Morgan fingerprint density at radius 1 is 1.39 bits per heavy atom. The molecule has 8 heteroatoms. The summed E-state index contributed by atoms with van der Waals surface area (Å²) in [7, 11) is -2.99. The molecule has 1 aliphatic rings. The highest BCUT2D eigenvalue weighted by Gasteiger charge is 2.33. The normalized spacial score (nSPS) is 20.0. The first kappa shape index (κ1) is 15.9. The van der Waals surface area contributed by atoms with Crippen LogP contribution in [0.2, 0.25) is 0 Å². The lowest BCUT2D eigenvalue weighted by Crippen LogP contribution is -2.41. The van der Waals surface area contributed by atoms with Crippen LogP contribution in [0, 0.1) is 0 Å². The topological polar surface area (TPSA) is 85.2 Å². The van der Waals surface area contributed by atoms with Crippen LogP contribution in [0.15, 0.2) is 24.3 Å². The smallest absolute Gasteiger partial charge is 0.224 e. The molecule has 0 saturated carbocycles. The van der Waals surface area contributed by atoms with Crippen molar-refractivity contribution >= 4 is 26.8 Å². The van der Waals surface area contributed by atoms with E-state index in [9.17, 15) is 13.2 Å². The molecule has 2 aromatic rings. The summed E-state index contributed by atoms with van der Waals surface area (Å²) in [5.74, 6) is 0.225. The maximum atomic E-state index is 12.5. The number of hydrogen-bond donors (Lipinski definition) is 0. The minimum absolute atomic E-state index is 0.0332. The van der Waals surface area contributed by atoms with E-state index >= 15 is 0 Å². The van der Waals surface area contributed by atoms with Crippen LogP contribution in [0.5, 0.6) is 0 Å². The Morgan fingerprint density at radius 3 is 2.87 bits per heavy atom. The number of carbonyl (C=O) groups excluding carboxylic acids is 1. The molecule has 1 aromatic heterocycles. The molecule has 0 N–H and O–H groups in total. The van der Waals surface area contributed by atoms with E-state index in [0.29, 0.717) is 19.5 Å². The van der Waals surface area contributed by atoms with Crippen molar-refractivity contribution in [3.63, 3.8) is 0 Å². The van der Waals surface area contributed by atoms with Crippen molar-refractivity contribution in [2.24, 2.45) is 0 Å². The molecule has 0 spiro atoms. The minimum atomic E-state index is -2.99. The van der Waals surface area contributed by atoms with Crippen LogP contribution in [0.25, 0.3) is 11.0 Å². The fourth-order valence-corrected chi connectivity index (χ4v) is 4.82. The first-order valence-corrected chi connectivity index (χ1v) is 9.60. The summed E-state index contributed by atoms with van der Waals surface area (Å²) in [6.07, 6.45) is 0.825. The van der Waals surface area contributed by atoms with Crippen molar-refractivity contribution in [1.29, 1.82) is 0 Å². The highest BCUT2D eigenvalue weighted by molar-refractivity contribution is 7.91. The maximum Gasteiger partial charge on any atom is 0.224 e. The summed E-state index contributed by atoms with van der Waals surface area (Å²) in [4.78, 5) is 14.2. The summed E-state index contributed by atoms with van der Waals surface area (Å²) in [6, 6.07) is 7.41. The number of sulfone groups is 1. The second-order valence-corrected chi connectivity index (χ2v) is 8.02. The zero-order valence-corrected chi connectivity index (χ0v) is 13.9. The van der Waals surface area contributed by atoms with Crippen molar-refractivity contribution in [1.82, 2.24) is 19.9 Å². The van der Waals surface area contributed by atoms with E-state index in [1.165, 1.54) is 0 Å². The molecule has 2 heterocycles. The number of aromatic nitrogens is 3. The van der Waals surface area contributed by atoms with Crippen LogP contribution >= 0.6 is 0 Å². The third kappa shape index (κ3) is 3.36. The number of aryl methyl sites for hydroxylation is 1. The SMILES string of the molecule is CCN(C(=O)CCn1nnc2ccccc21)C1CCS(=O)(=O)C1. The largest absolute Gasteiger partial charge is 0.339 e. The van der Waals surface area contributed by atoms with Gasteiger partial charge >= 0.3 is 0 Å². The molecule has 7 nitrogen and oxygen atoms in total. The summed E-state index contributed by atoms with van der Waals surface area (Å²) in [5, 5.41) is 8.14. The zero-order chi connectivity index (χ0) is 16.4. The van der Waals surface area contributed by atoms with Gasteiger partial charge in [0.1, 0.15) is 5.52 Å². The Balaban J connectivity index is 1.66. The number of benzene rings is 1. The highest BCUT2D eigenvalue weighted by Crippen LogP contribution is 2.19. The van der Waals surface area contributed by atoms with Gasteiger partial charge in [-0.1, -0.05) is 17.3 Å². The van der Waals surface area contributed by atoms with E-state index in [0.717, 1.165) is 11.0 Å². The monoisotopic (exact) mass is 336 g/mol. The van der Waals surface area contributed by atoms with Gasteiger partial charge in [-0.3, -0.25) is 4.79 Å². The Hall–Kier alpha value is -1.96. The van der Waals surface area contributed by atoms with Crippen molar-refractivity contribution in [3.8, 4) is 0 Å². The van der Waals surface area contributed by atoms with Crippen LogP contribution in [0.1, 0.15) is 19.8 Å². The standard InChI is InChI=1S/C15H20N4O3S/c1-2-18(12-8-10-23(21,22)11-12)15(20)7-9-19-14-6-4-3-5-13(14)16-17-19/h3-6,12H,2,7-11H2,1H3. The Morgan fingerprint density at radius 2 is 2.17 bits per heavy atom. The van der Waals surface area contributed by atoms with E-state index in [-0.39, 0.29) is 29.9 Å². The van der Waals surface area contributed by atoms with Gasteiger partial charge in [0, 0.05) is 19.0 Å². The molecule has 1 unspecified atom stereocenters. The van der Waals surface area contributed by atoms with Crippen LogP contribution in [-0.4, -0.2) is 58.3 Å². The number of para-hydroxylation sites is 1. The second-order valence-electron chi connectivity index (χ2n) is 5.79. The summed E-state index contributed by atoms with van der Waals surface area (Å²) < 4.78 is 24.9. The summed E-state index contributed by atoms with van der Waals surface area (Å²) >= 11 is 0. The lowest BCUT2D eigenvalue weighted by atomic mass is 10.2. The Kier molecular flexibility index (Phi) is 4.34. The molecule has 0 radical (unpaired) electrons. The van der Waals surface area contributed by atoms with Crippen LogP contribution in [-0.2, 0) is 21.2 Å². The Bertz CT molecular complexity index is 815. The molecule has 1 aromatic carbocycles. The molecular formula is C15H20N4O3S. The molecular weight excluding hydrogens is 316 g/mol. The molecule has 1 amide bonds. The lowest BCUT2D eigenvalue weighted by molar-refractivity contribution is -0.133. The summed E-state index contributed by atoms with van der Waals surface area (Å²) in [6.45, 7) is 2.85. The van der Waals surface area contributed by atoms with Gasteiger partial charge in [-0.15, -0.1) is 5.10 Å². The van der Waals surface area contributed by atoms with Crippen molar-refractivity contribution < 1.29 is 13.2 Å². The van der Waals surface area contributed by atoms with E-state index in [4.69, 9.17) is 0 Å². The predicted molar refractivity (Wildman–Crippen MR) is 86.6 cm³/mol.